The van der Waals surface area contributed by atoms with Crippen LogP contribution in [0.5, 0.6) is 11.6 Å². The molecule has 2 aromatic heterocycles. The molecule has 0 fully saturated rings. The van der Waals surface area contributed by atoms with Gasteiger partial charge in [-0.05, 0) is 64.8 Å². The van der Waals surface area contributed by atoms with Gasteiger partial charge < -0.3 is 19.3 Å². The number of fused-ring (bicyclic) bond motifs is 2. The maximum absolute atomic E-state index is 14.1. The molecule has 4 aromatic rings. The molecule has 9 nitrogen and oxygen atoms in total. The summed E-state index contributed by atoms with van der Waals surface area (Å²) >= 11 is 0. The smallest absolute Gasteiger partial charge is 0.340 e. The molecule has 0 aliphatic carbocycles. The van der Waals surface area contributed by atoms with Crippen molar-refractivity contribution in [3.63, 3.8) is 0 Å². The third kappa shape index (κ3) is 4.75. The Morgan fingerprint density at radius 3 is 2.22 bits per heavy atom. The first kappa shape index (κ1) is 25.2. The first-order valence-corrected chi connectivity index (χ1v) is 11.7. The molecule has 4 rings (SSSR count). The lowest BCUT2D eigenvalue weighted by molar-refractivity contribution is -0.121. The first-order chi connectivity index (χ1) is 17.4. The molecule has 0 aliphatic heterocycles. The van der Waals surface area contributed by atoms with E-state index >= 15 is 0 Å². The Hall–Kier alpha value is -3.95. The minimum atomic E-state index is -0.400. The number of para-hydroxylation sites is 1. The summed E-state index contributed by atoms with van der Waals surface area (Å²) in [5.41, 5.74) is 2.89. The third-order valence-electron chi connectivity index (χ3n) is 6.17. The second-order valence-corrected chi connectivity index (χ2v) is 9.13. The van der Waals surface area contributed by atoms with Crippen LogP contribution in [-0.2, 0) is 22.4 Å². The van der Waals surface area contributed by atoms with E-state index in [4.69, 9.17) is 9.47 Å². The zero-order chi connectivity index (χ0) is 25.8. The molecule has 0 amide bonds. The first-order valence-electron chi connectivity index (χ1n) is 11.7. The van der Waals surface area contributed by atoms with Crippen molar-refractivity contribution in [3.05, 3.63) is 59.8 Å². The van der Waals surface area contributed by atoms with E-state index < -0.39 is 6.03 Å². The van der Waals surface area contributed by atoms with Crippen molar-refractivity contribution in [2.24, 2.45) is 0 Å². The van der Waals surface area contributed by atoms with E-state index in [0.29, 0.717) is 48.1 Å². The lowest BCUT2D eigenvalue weighted by atomic mass is 10.1. The molecular weight excluding hydrogens is 460 g/mol. The molecule has 0 N–H and O–H groups in total. The Labute approximate surface area is 209 Å². The number of ether oxygens (including phenoxy) is 2. The number of aromatic nitrogens is 2. The second kappa shape index (κ2) is 10.8. The minimum absolute atomic E-state index is 0.112. The lowest BCUT2D eigenvalue weighted by Gasteiger charge is -2.12. The summed E-state index contributed by atoms with van der Waals surface area (Å²) in [6.45, 7) is 2.11. The van der Waals surface area contributed by atoms with Crippen molar-refractivity contribution in [3.8, 4) is 11.6 Å². The fraction of sp³-hybridized carbons (Fsp3) is 0.296. The summed E-state index contributed by atoms with van der Waals surface area (Å²) in [5, 5.41) is 1.54. The quantitative estimate of drug-likeness (QED) is 0.315. The molecule has 0 unspecified atom stereocenters. The average Bonchev–Trinajstić information content (AvgIpc) is 3.38. The van der Waals surface area contributed by atoms with Gasteiger partial charge in [0.1, 0.15) is 5.75 Å². The van der Waals surface area contributed by atoms with Crippen molar-refractivity contribution < 1.29 is 23.9 Å². The van der Waals surface area contributed by atoms with Crippen LogP contribution >= 0.6 is 0 Å². The number of hydrogen-bond donors (Lipinski definition) is 0. The van der Waals surface area contributed by atoms with Crippen LogP contribution in [0.3, 0.4) is 0 Å². The van der Waals surface area contributed by atoms with Gasteiger partial charge in [0.15, 0.2) is 0 Å². The molecule has 0 spiro atoms. The molecule has 2 heterocycles. The highest BCUT2D eigenvalue weighted by Crippen LogP contribution is 2.39. The van der Waals surface area contributed by atoms with Gasteiger partial charge in [-0.1, -0.05) is 24.3 Å². The monoisotopic (exact) mass is 490 g/mol. The van der Waals surface area contributed by atoms with Crippen LogP contribution in [0.2, 0.25) is 0 Å². The molecule has 0 atom stereocenters. The number of carbonyl (C=O) groups excluding carboxylic acids is 3. The van der Waals surface area contributed by atoms with Gasteiger partial charge in [0.2, 0.25) is 5.88 Å². The Balaban J connectivity index is 1.96. The van der Waals surface area contributed by atoms with E-state index in [2.05, 4.69) is 4.90 Å². The maximum Gasteiger partial charge on any atom is 0.340 e. The van der Waals surface area contributed by atoms with Crippen LogP contribution in [0.15, 0.2) is 48.7 Å². The minimum Gasteiger partial charge on any atom is -0.428 e. The van der Waals surface area contributed by atoms with Crippen LogP contribution in [-0.4, -0.2) is 79.2 Å². The SMILES string of the molecule is CN(C)CCc1cn(C(=O)n2c(OC=O)c(CCN(C)C)c3c(OC=O)cccc32)c2ccccc12. The third-order valence-corrected chi connectivity index (χ3v) is 6.17. The van der Waals surface area contributed by atoms with Crippen LogP contribution in [0, 0.1) is 0 Å². The Morgan fingerprint density at radius 1 is 0.861 bits per heavy atom. The normalized spacial score (nSPS) is 11.5. The van der Waals surface area contributed by atoms with Crippen LogP contribution in [0.4, 0.5) is 4.79 Å². The zero-order valence-corrected chi connectivity index (χ0v) is 20.9. The Morgan fingerprint density at radius 2 is 1.53 bits per heavy atom. The van der Waals surface area contributed by atoms with Gasteiger partial charge in [-0.25, -0.2) is 9.36 Å². The predicted molar refractivity (Wildman–Crippen MR) is 138 cm³/mol. The van der Waals surface area contributed by atoms with Gasteiger partial charge in [-0.2, -0.15) is 0 Å². The van der Waals surface area contributed by atoms with Gasteiger partial charge in [-0.15, -0.1) is 0 Å². The predicted octanol–water partition coefficient (Wildman–Crippen LogP) is 3.39. The highest BCUT2D eigenvalue weighted by atomic mass is 16.5. The summed E-state index contributed by atoms with van der Waals surface area (Å²) in [5.74, 6) is 0.406. The lowest BCUT2D eigenvalue weighted by Crippen LogP contribution is -2.20. The molecule has 9 heteroatoms. The van der Waals surface area contributed by atoms with E-state index in [9.17, 15) is 14.4 Å². The van der Waals surface area contributed by atoms with E-state index in [1.165, 1.54) is 4.57 Å². The number of benzene rings is 2. The van der Waals surface area contributed by atoms with E-state index in [1.54, 1.807) is 22.8 Å². The molecule has 0 aliphatic rings. The van der Waals surface area contributed by atoms with Crippen LogP contribution < -0.4 is 9.47 Å². The van der Waals surface area contributed by atoms with Gasteiger partial charge in [0.25, 0.3) is 12.9 Å². The molecule has 2 aromatic carbocycles. The van der Waals surface area contributed by atoms with E-state index in [0.717, 1.165) is 29.4 Å². The molecule has 36 heavy (non-hydrogen) atoms. The number of likely N-dealkylation sites (N-methyl/N-ethyl adjacent to an activating group) is 2. The zero-order valence-electron chi connectivity index (χ0n) is 20.9. The molecule has 0 radical (unpaired) electrons. The fourth-order valence-electron chi connectivity index (χ4n) is 4.50. The molecule has 188 valence electrons. The number of hydrogen-bond acceptors (Lipinski definition) is 7. The van der Waals surface area contributed by atoms with Crippen molar-refractivity contribution in [2.75, 3.05) is 41.3 Å². The highest BCUT2D eigenvalue weighted by molar-refractivity contribution is 6.04. The fourth-order valence-corrected chi connectivity index (χ4v) is 4.50. The van der Waals surface area contributed by atoms with Crippen molar-refractivity contribution in [2.45, 2.75) is 12.8 Å². The Bertz CT molecular complexity index is 1420. The van der Waals surface area contributed by atoms with Crippen LogP contribution in [0.25, 0.3) is 21.8 Å². The molecular formula is C27H30N4O5. The van der Waals surface area contributed by atoms with Crippen molar-refractivity contribution >= 4 is 40.8 Å². The van der Waals surface area contributed by atoms with E-state index in [-0.39, 0.29) is 5.88 Å². The van der Waals surface area contributed by atoms with Gasteiger partial charge in [-0.3, -0.25) is 14.2 Å². The number of rotatable bonds is 10. The highest BCUT2D eigenvalue weighted by Gasteiger charge is 2.27. The summed E-state index contributed by atoms with van der Waals surface area (Å²) in [6.07, 6.45) is 3.08. The topological polar surface area (TPSA) is 86.0 Å². The summed E-state index contributed by atoms with van der Waals surface area (Å²) in [7, 11) is 7.87. The van der Waals surface area contributed by atoms with Gasteiger partial charge in [0, 0.05) is 30.2 Å². The van der Waals surface area contributed by atoms with Crippen LogP contribution in [0.1, 0.15) is 11.1 Å². The van der Waals surface area contributed by atoms with E-state index in [1.807, 2.05) is 63.6 Å². The Kier molecular flexibility index (Phi) is 7.52. The average molecular weight is 491 g/mol. The molecule has 0 saturated carbocycles. The largest absolute Gasteiger partial charge is 0.428 e. The van der Waals surface area contributed by atoms with Gasteiger partial charge >= 0.3 is 6.03 Å². The molecule has 0 saturated heterocycles. The van der Waals surface area contributed by atoms with Gasteiger partial charge in [0.05, 0.1) is 16.4 Å². The number of carbonyl (C=O) groups is 3. The molecule has 0 bridgehead atoms. The maximum atomic E-state index is 14.1. The standard InChI is InChI=1S/C27H30N4O5/c1-28(2)14-12-19-16-30(22-9-6-5-8-20(19)22)27(34)31-23-10-7-11-24(35-17-32)25(23)21(13-15-29(3)4)26(31)36-18-33/h5-11,16-18H,12-15H2,1-4H3. The van der Waals surface area contributed by atoms with Crippen molar-refractivity contribution in [1.29, 1.82) is 0 Å². The summed E-state index contributed by atoms with van der Waals surface area (Å²) in [6, 6.07) is 12.4. The summed E-state index contributed by atoms with van der Waals surface area (Å²) < 4.78 is 13.7. The van der Waals surface area contributed by atoms with Crippen molar-refractivity contribution in [1.82, 2.24) is 18.9 Å². The summed E-state index contributed by atoms with van der Waals surface area (Å²) in [4.78, 5) is 41.0. The second-order valence-electron chi connectivity index (χ2n) is 9.13. The number of nitrogens with zero attached hydrogens (tertiary/aromatic N) is 4.